The van der Waals surface area contributed by atoms with E-state index < -0.39 is 17.8 Å². The third kappa shape index (κ3) is 1.99. The summed E-state index contributed by atoms with van der Waals surface area (Å²) in [5.41, 5.74) is 1.00. The highest BCUT2D eigenvalue weighted by Crippen LogP contribution is 2.27. The monoisotopic (exact) mass is 249 g/mol. The van der Waals surface area contributed by atoms with E-state index in [1.54, 1.807) is 6.92 Å². The molecule has 0 spiro atoms. The van der Waals surface area contributed by atoms with Crippen molar-refractivity contribution in [2.24, 2.45) is 0 Å². The number of benzene rings is 1. The van der Waals surface area contributed by atoms with Crippen LogP contribution in [0, 0.1) is 5.82 Å². The minimum atomic E-state index is -0.755. The van der Waals surface area contributed by atoms with E-state index in [0.29, 0.717) is 17.7 Å². The van der Waals surface area contributed by atoms with Crippen molar-refractivity contribution in [2.75, 3.05) is 4.90 Å². The lowest BCUT2D eigenvalue weighted by molar-refractivity contribution is -0.114. The van der Waals surface area contributed by atoms with Crippen molar-refractivity contribution in [3.8, 4) is 0 Å². The number of carbonyl (C=O) groups is 2. The van der Waals surface area contributed by atoms with Gasteiger partial charge >= 0.3 is 12.0 Å². The average Bonchev–Trinajstić information content (AvgIpc) is 2.65. The average molecular weight is 249 g/mol. The van der Waals surface area contributed by atoms with Crippen molar-refractivity contribution >= 4 is 17.7 Å². The van der Waals surface area contributed by atoms with Gasteiger partial charge in [0.05, 0.1) is 5.69 Å². The van der Waals surface area contributed by atoms with Gasteiger partial charge in [0.15, 0.2) is 5.76 Å². The number of carbonyl (C=O) groups excluding carboxylic acids is 2. The van der Waals surface area contributed by atoms with Gasteiger partial charge in [0.2, 0.25) is 0 Å². The second-order valence-electron chi connectivity index (χ2n) is 3.95. The third-order valence-electron chi connectivity index (χ3n) is 2.77. The topological polar surface area (TPSA) is 46.6 Å². The molecule has 1 aromatic rings. The van der Waals surface area contributed by atoms with Crippen molar-refractivity contribution in [1.29, 1.82) is 0 Å². The summed E-state index contributed by atoms with van der Waals surface area (Å²) in [6.07, 6.45) is -0.138. The van der Waals surface area contributed by atoms with Crippen LogP contribution in [0.15, 0.2) is 35.6 Å². The Hall–Kier alpha value is -2.17. The molecule has 0 saturated carbocycles. The Balaban J connectivity index is 2.39. The van der Waals surface area contributed by atoms with Crippen LogP contribution in [0.4, 0.5) is 14.9 Å². The maximum atomic E-state index is 12.8. The number of amides is 2. The van der Waals surface area contributed by atoms with Gasteiger partial charge in [0.25, 0.3) is 0 Å². The van der Waals surface area contributed by atoms with Gasteiger partial charge in [-0.3, -0.25) is 4.79 Å². The fourth-order valence-electron chi connectivity index (χ4n) is 1.60. The van der Waals surface area contributed by atoms with Gasteiger partial charge in [-0.05, 0) is 43.2 Å². The summed E-state index contributed by atoms with van der Waals surface area (Å²) in [5.74, 6) is -0.878. The predicted molar refractivity (Wildman–Crippen MR) is 63.4 cm³/mol. The molecule has 0 bridgehead atoms. The first-order chi connectivity index (χ1) is 8.54. The zero-order chi connectivity index (χ0) is 13.3. The highest BCUT2D eigenvalue weighted by molar-refractivity contribution is 6.23. The number of nitrogens with zero attached hydrogens (tertiary/aromatic N) is 1. The van der Waals surface area contributed by atoms with Crippen LogP contribution in [0.5, 0.6) is 0 Å². The molecule has 18 heavy (non-hydrogen) atoms. The Labute approximate surface area is 104 Å². The van der Waals surface area contributed by atoms with Crippen molar-refractivity contribution in [3.63, 3.8) is 0 Å². The van der Waals surface area contributed by atoms with Crippen LogP contribution in [0.3, 0.4) is 0 Å². The molecule has 0 N–H and O–H groups in total. The smallest absolute Gasteiger partial charge is 0.404 e. The number of halogens is 1. The molecule has 0 aromatic heterocycles. The number of rotatable bonds is 2. The normalized spacial score (nSPS) is 18.1. The van der Waals surface area contributed by atoms with Crippen LogP contribution in [0.2, 0.25) is 0 Å². The molecule has 2 rings (SSSR count). The molecule has 1 aliphatic heterocycles. The molecule has 94 valence electrons. The summed E-state index contributed by atoms with van der Waals surface area (Å²) in [5, 5.41) is 0. The van der Waals surface area contributed by atoms with E-state index in [9.17, 15) is 14.0 Å². The van der Waals surface area contributed by atoms with Crippen LogP contribution < -0.4 is 4.90 Å². The van der Waals surface area contributed by atoms with Crippen LogP contribution in [-0.2, 0) is 9.53 Å². The van der Waals surface area contributed by atoms with E-state index in [0.717, 1.165) is 4.90 Å². The zero-order valence-electron chi connectivity index (χ0n) is 10.1. The molecular formula is C13H12FNO3. The summed E-state index contributed by atoms with van der Waals surface area (Å²) < 4.78 is 17.7. The fraction of sp³-hybridized carbons (Fsp3) is 0.231. The predicted octanol–water partition coefficient (Wildman–Crippen LogP) is 2.99. The molecular weight excluding hydrogens is 237 g/mol. The molecule has 1 aromatic carbocycles. The van der Waals surface area contributed by atoms with E-state index in [-0.39, 0.29) is 5.76 Å². The Bertz CT molecular complexity index is 534. The lowest BCUT2D eigenvalue weighted by Crippen LogP contribution is -2.28. The van der Waals surface area contributed by atoms with E-state index in [4.69, 9.17) is 4.74 Å². The molecule has 4 nitrogen and oxygen atoms in total. The molecule has 1 saturated heterocycles. The Morgan fingerprint density at radius 2 is 1.89 bits per heavy atom. The first-order valence-corrected chi connectivity index (χ1v) is 5.56. The standard InChI is InChI=1S/C13H12FNO3/c1-3-8(2)11-12(16)15(13(17)18-11)10-6-4-9(14)5-7-10/h4-7H,3H2,1-2H3/b11-8+. The fourth-order valence-corrected chi connectivity index (χ4v) is 1.60. The van der Waals surface area contributed by atoms with Gasteiger partial charge in [-0.1, -0.05) is 6.92 Å². The highest BCUT2D eigenvalue weighted by Gasteiger charge is 2.38. The van der Waals surface area contributed by atoms with Gasteiger partial charge in [-0.2, -0.15) is 0 Å². The summed E-state index contributed by atoms with van der Waals surface area (Å²) >= 11 is 0. The van der Waals surface area contributed by atoms with E-state index in [1.807, 2.05) is 6.92 Å². The zero-order valence-corrected chi connectivity index (χ0v) is 10.1. The van der Waals surface area contributed by atoms with Gasteiger partial charge in [-0.25, -0.2) is 14.1 Å². The summed E-state index contributed by atoms with van der Waals surface area (Å²) in [4.78, 5) is 24.6. The highest BCUT2D eigenvalue weighted by atomic mass is 19.1. The number of hydrogen-bond acceptors (Lipinski definition) is 3. The van der Waals surface area contributed by atoms with Crippen molar-refractivity contribution in [1.82, 2.24) is 0 Å². The number of allylic oxidation sites excluding steroid dienone is 1. The number of hydrogen-bond donors (Lipinski definition) is 0. The van der Waals surface area contributed by atoms with E-state index >= 15 is 0 Å². The maximum absolute atomic E-state index is 12.8. The first kappa shape index (κ1) is 12.3. The molecule has 0 aliphatic carbocycles. The van der Waals surface area contributed by atoms with Crippen molar-refractivity contribution < 1.29 is 18.7 Å². The largest absolute Gasteiger partial charge is 0.427 e. The minimum absolute atomic E-state index is 0.0619. The lowest BCUT2D eigenvalue weighted by atomic mass is 10.2. The number of anilines is 1. The molecule has 2 amide bonds. The number of imide groups is 1. The molecule has 0 atom stereocenters. The van der Waals surface area contributed by atoms with Crippen LogP contribution >= 0.6 is 0 Å². The van der Waals surface area contributed by atoms with E-state index in [2.05, 4.69) is 0 Å². The van der Waals surface area contributed by atoms with Gasteiger partial charge in [-0.15, -0.1) is 0 Å². The molecule has 1 heterocycles. The van der Waals surface area contributed by atoms with Crippen LogP contribution in [0.1, 0.15) is 20.3 Å². The molecule has 0 unspecified atom stereocenters. The van der Waals surface area contributed by atoms with Gasteiger partial charge in [0.1, 0.15) is 5.82 Å². The second kappa shape index (κ2) is 4.60. The third-order valence-corrected chi connectivity index (χ3v) is 2.77. The molecule has 5 heteroatoms. The summed E-state index contributed by atoms with van der Waals surface area (Å²) in [7, 11) is 0. The van der Waals surface area contributed by atoms with Gasteiger partial charge < -0.3 is 4.74 Å². The number of ether oxygens (including phenoxy) is 1. The Morgan fingerprint density at radius 1 is 1.28 bits per heavy atom. The van der Waals surface area contributed by atoms with Crippen molar-refractivity contribution in [2.45, 2.75) is 20.3 Å². The molecule has 1 fully saturated rings. The lowest BCUT2D eigenvalue weighted by Gasteiger charge is -2.09. The van der Waals surface area contributed by atoms with Crippen LogP contribution in [0.25, 0.3) is 0 Å². The SMILES string of the molecule is CC/C(C)=C1/OC(=O)N(c2ccc(F)cc2)C1=O. The summed E-state index contributed by atoms with van der Waals surface area (Å²) in [6.45, 7) is 3.60. The molecule has 1 aliphatic rings. The molecule has 0 radical (unpaired) electrons. The van der Waals surface area contributed by atoms with Crippen molar-refractivity contribution in [3.05, 3.63) is 41.4 Å². The Kier molecular flexibility index (Phi) is 3.14. The first-order valence-electron chi connectivity index (χ1n) is 5.56. The van der Waals surface area contributed by atoms with E-state index in [1.165, 1.54) is 24.3 Å². The van der Waals surface area contributed by atoms with Gasteiger partial charge in [0, 0.05) is 0 Å². The maximum Gasteiger partial charge on any atom is 0.427 e. The Morgan fingerprint density at radius 3 is 2.44 bits per heavy atom. The second-order valence-corrected chi connectivity index (χ2v) is 3.95. The van der Waals surface area contributed by atoms with Crippen LogP contribution in [-0.4, -0.2) is 12.0 Å². The quantitative estimate of drug-likeness (QED) is 0.757. The minimum Gasteiger partial charge on any atom is -0.404 e. The summed E-state index contributed by atoms with van der Waals surface area (Å²) in [6, 6.07) is 5.09. The number of cyclic esters (lactones) is 1.